The van der Waals surface area contributed by atoms with Crippen LogP contribution in [0.2, 0.25) is 0 Å². The fraction of sp³-hybridized carbons (Fsp3) is 0.167. The quantitative estimate of drug-likeness (QED) is 0.759. The number of aryl methyl sites for hydroxylation is 1. The Kier molecular flexibility index (Phi) is 4.04. The molecule has 0 spiro atoms. The molecular weight excluding hydrogens is 324 g/mol. The van der Waals surface area contributed by atoms with E-state index in [2.05, 4.69) is 58.2 Å². The van der Waals surface area contributed by atoms with Crippen LogP contribution < -0.4 is 5.73 Å². The van der Waals surface area contributed by atoms with E-state index in [4.69, 9.17) is 5.73 Å². The van der Waals surface area contributed by atoms with Crippen molar-refractivity contribution in [3.05, 3.63) is 75.9 Å². The fourth-order valence-corrected chi connectivity index (χ4v) is 3.19. The van der Waals surface area contributed by atoms with Gasteiger partial charge in [0, 0.05) is 22.1 Å². The molecule has 2 nitrogen and oxygen atoms in total. The van der Waals surface area contributed by atoms with Crippen LogP contribution in [0.4, 0.5) is 0 Å². The van der Waals surface area contributed by atoms with Crippen molar-refractivity contribution in [2.75, 3.05) is 0 Å². The fourth-order valence-electron chi connectivity index (χ4n) is 2.64. The topological polar surface area (TPSA) is 38.9 Å². The Morgan fingerprint density at radius 1 is 1.10 bits per heavy atom. The summed E-state index contributed by atoms with van der Waals surface area (Å²) >= 11 is 3.65. The van der Waals surface area contributed by atoms with Crippen LogP contribution in [-0.4, -0.2) is 4.98 Å². The van der Waals surface area contributed by atoms with E-state index in [0.717, 1.165) is 22.0 Å². The first kappa shape index (κ1) is 14.2. The first-order chi connectivity index (χ1) is 10.2. The minimum Gasteiger partial charge on any atom is -0.324 e. The van der Waals surface area contributed by atoms with Crippen LogP contribution in [0.3, 0.4) is 0 Å². The van der Waals surface area contributed by atoms with E-state index in [1.807, 2.05) is 24.4 Å². The highest BCUT2D eigenvalue weighted by Crippen LogP contribution is 2.28. The maximum Gasteiger partial charge on any atom is 0.0704 e. The number of aromatic nitrogens is 1. The molecule has 0 saturated heterocycles. The smallest absolute Gasteiger partial charge is 0.0704 e. The minimum absolute atomic E-state index is 0.0370. The van der Waals surface area contributed by atoms with Crippen molar-refractivity contribution in [3.8, 4) is 0 Å². The van der Waals surface area contributed by atoms with Gasteiger partial charge in [0.25, 0.3) is 0 Å². The number of rotatable bonds is 3. The molecule has 0 amide bonds. The Bertz CT molecular complexity index is 778. The van der Waals surface area contributed by atoms with Crippen LogP contribution in [0.25, 0.3) is 10.9 Å². The van der Waals surface area contributed by atoms with Gasteiger partial charge in [0.1, 0.15) is 0 Å². The molecule has 0 aliphatic carbocycles. The lowest BCUT2D eigenvalue weighted by molar-refractivity contribution is 0.720. The zero-order chi connectivity index (χ0) is 14.8. The molecule has 1 heterocycles. The van der Waals surface area contributed by atoms with Gasteiger partial charge in [-0.3, -0.25) is 4.98 Å². The number of pyridine rings is 1. The average Bonchev–Trinajstić information content (AvgIpc) is 2.50. The maximum atomic E-state index is 6.44. The van der Waals surface area contributed by atoms with E-state index >= 15 is 0 Å². The third-order valence-electron chi connectivity index (χ3n) is 3.80. The SMILES string of the molecule is Cc1cccc(C(N)Cc2ccnc3ccccc23)c1Br. The molecule has 106 valence electrons. The van der Waals surface area contributed by atoms with Crippen LogP contribution in [-0.2, 0) is 6.42 Å². The van der Waals surface area contributed by atoms with Crippen molar-refractivity contribution in [3.63, 3.8) is 0 Å². The highest BCUT2D eigenvalue weighted by atomic mass is 79.9. The van der Waals surface area contributed by atoms with Crippen LogP contribution in [0, 0.1) is 6.92 Å². The zero-order valence-electron chi connectivity index (χ0n) is 11.9. The lowest BCUT2D eigenvalue weighted by atomic mass is 9.96. The van der Waals surface area contributed by atoms with Gasteiger partial charge >= 0.3 is 0 Å². The second kappa shape index (κ2) is 5.96. The van der Waals surface area contributed by atoms with Crippen molar-refractivity contribution < 1.29 is 0 Å². The van der Waals surface area contributed by atoms with Gasteiger partial charge in [-0.05, 0) is 42.2 Å². The van der Waals surface area contributed by atoms with Gasteiger partial charge in [0.15, 0.2) is 0 Å². The van der Waals surface area contributed by atoms with E-state index in [0.29, 0.717) is 0 Å². The Labute approximate surface area is 133 Å². The van der Waals surface area contributed by atoms with Crippen LogP contribution in [0.5, 0.6) is 0 Å². The van der Waals surface area contributed by atoms with Gasteiger partial charge < -0.3 is 5.73 Å². The van der Waals surface area contributed by atoms with Crippen molar-refractivity contribution >= 4 is 26.8 Å². The maximum absolute atomic E-state index is 6.44. The molecular formula is C18H17BrN2. The monoisotopic (exact) mass is 340 g/mol. The van der Waals surface area contributed by atoms with E-state index in [9.17, 15) is 0 Å². The van der Waals surface area contributed by atoms with E-state index < -0.39 is 0 Å². The van der Waals surface area contributed by atoms with Crippen molar-refractivity contribution in [2.45, 2.75) is 19.4 Å². The molecule has 0 aliphatic rings. The third-order valence-corrected chi connectivity index (χ3v) is 4.88. The number of para-hydroxylation sites is 1. The highest BCUT2D eigenvalue weighted by molar-refractivity contribution is 9.10. The molecule has 0 bridgehead atoms. The molecule has 3 aromatic rings. The second-order valence-corrected chi connectivity index (χ2v) is 6.07. The third kappa shape index (κ3) is 2.85. The number of hydrogen-bond donors (Lipinski definition) is 1. The molecule has 0 fully saturated rings. The molecule has 0 radical (unpaired) electrons. The summed E-state index contributed by atoms with van der Waals surface area (Å²) < 4.78 is 1.11. The first-order valence-electron chi connectivity index (χ1n) is 7.00. The molecule has 3 rings (SSSR count). The Morgan fingerprint density at radius 2 is 1.90 bits per heavy atom. The molecule has 21 heavy (non-hydrogen) atoms. The van der Waals surface area contributed by atoms with Crippen molar-refractivity contribution in [2.24, 2.45) is 5.73 Å². The predicted molar refractivity (Wildman–Crippen MR) is 91.3 cm³/mol. The number of benzene rings is 2. The second-order valence-electron chi connectivity index (χ2n) is 5.28. The molecule has 1 aromatic heterocycles. The number of fused-ring (bicyclic) bond motifs is 1. The Balaban J connectivity index is 1.97. The Hall–Kier alpha value is -1.71. The number of nitrogens with zero attached hydrogens (tertiary/aromatic N) is 1. The molecule has 2 N–H and O–H groups in total. The summed E-state index contributed by atoms with van der Waals surface area (Å²) in [6, 6.07) is 16.4. The van der Waals surface area contributed by atoms with Crippen molar-refractivity contribution in [1.29, 1.82) is 0 Å². The highest BCUT2D eigenvalue weighted by Gasteiger charge is 2.13. The molecule has 1 atom stereocenters. The normalized spacial score (nSPS) is 12.5. The predicted octanol–water partition coefficient (Wildman–Crippen LogP) is 4.55. The van der Waals surface area contributed by atoms with E-state index in [1.54, 1.807) is 0 Å². The van der Waals surface area contributed by atoms with Crippen LogP contribution in [0.15, 0.2) is 59.2 Å². The van der Waals surface area contributed by atoms with Gasteiger partial charge in [-0.15, -0.1) is 0 Å². The number of halogens is 1. The standard InChI is InChI=1S/C18H17BrN2/c1-12-5-4-7-15(18(12)19)16(20)11-13-9-10-21-17-8-3-2-6-14(13)17/h2-10,16H,11,20H2,1H3. The lowest BCUT2D eigenvalue weighted by Gasteiger charge is -2.16. The molecule has 0 aliphatic heterocycles. The summed E-state index contributed by atoms with van der Waals surface area (Å²) in [4.78, 5) is 4.40. The summed E-state index contributed by atoms with van der Waals surface area (Å²) in [6.45, 7) is 2.09. The average molecular weight is 341 g/mol. The molecule has 0 saturated carbocycles. The van der Waals surface area contributed by atoms with Gasteiger partial charge in [-0.2, -0.15) is 0 Å². The van der Waals surface area contributed by atoms with E-state index in [-0.39, 0.29) is 6.04 Å². The summed E-state index contributed by atoms with van der Waals surface area (Å²) in [6.07, 6.45) is 2.65. The molecule has 1 unspecified atom stereocenters. The van der Waals surface area contributed by atoms with Gasteiger partial charge in [-0.25, -0.2) is 0 Å². The van der Waals surface area contributed by atoms with Crippen LogP contribution in [0.1, 0.15) is 22.7 Å². The van der Waals surface area contributed by atoms with E-state index in [1.165, 1.54) is 16.5 Å². The number of nitrogens with two attached hydrogens (primary N) is 1. The Morgan fingerprint density at radius 3 is 2.76 bits per heavy atom. The summed E-state index contributed by atoms with van der Waals surface area (Å²) in [7, 11) is 0. The largest absolute Gasteiger partial charge is 0.324 e. The van der Waals surface area contributed by atoms with Gasteiger partial charge in [0.05, 0.1) is 5.52 Å². The zero-order valence-corrected chi connectivity index (χ0v) is 13.5. The van der Waals surface area contributed by atoms with Crippen molar-refractivity contribution in [1.82, 2.24) is 4.98 Å². The first-order valence-corrected chi connectivity index (χ1v) is 7.79. The summed E-state index contributed by atoms with van der Waals surface area (Å²) in [5.41, 5.74) is 11.1. The summed E-state index contributed by atoms with van der Waals surface area (Å²) in [5.74, 6) is 0. The van der Waals surface area contributed by atoms with Gasteiger partial charge in [-0.1, -0.05) is 52.3 Å². The number of hydrogen-bond acceptors (Lipinski definition) is 2. The van der Waals surface area contributed by atoms with Gasteiger partial charge in [0.2, 0.25) is 0 Å². The summed E-state index contributed by atoms with van der Waals surface area (Å²) in [5, 5.41) is 1.18. The molecule has 3 heteroatoms. The lowest BCUT2D eigenvalue weighted by Crippen LogP contribution is -2.14. The molecule has 2 aromatic carbocycles. The minimum atomic E-state index is -0.0370. The van der Waals surface area contributed by atoms with Crippen LogP contribution >= 0.6 is 15.9 Å².